The second-order valence-corrected chi connectivity index (χ2v) is 9.67. The van der Waals surface area contributed by atoms with Crippen molar-refractivity contribution in [2.45, 2.75) is 26.9 Å². The van der Waals surface area contributed by atoms with E-state index >= 15 is 0 Å². The van der Waals surface area contributed by atoms with Crippen molar-refractivity contribution in [1.29, 1.82) is 0 Å². The zero-order valence-corrected chi connectivity index (χ0v) is 21.6. The first kappa shape index (κ1) is 24.4. The van der Waals surface area contributed by atoms with Gasteiger partial charge in [-0.3, -0.25) is 14.5 Å². The van der Waals surface area contributed by atoms with Crippen molar-refractivity contribution < 1.29 is 18.7 Å². The minimum absolute atomic E-state index is 0.135. The van der Waals surface area contributed by atoms with Crippen LogP contribution in [0, 0.1) is 12.7 Å². The second-order valence-electron chi connectivity index (χ2n) is 9.67. The van der Waals surface area contributed by atoms with Crippen molar-refractivity contribution in [2.24, 2.45) is 0 Å². The number of hydrogen-bond acceptors (Lipinski definition) is 7. The summed E-state index contributed by atoms with van der Waals surface area (Å²) in [7, 11) is 0. The van der Waals surface area contributed by atoms with E-state index in [0.717, 1.165) is 43.9 Å². The fraction of sp³-hybridized carbons (Fsp3) is 0.345. The normalized spacial score (nSPS) is 15.2. The van der Waals surface area contributed by atoms with Crippen molar-refractivity contribution in [3.05, 3.63) is 77.3 Å². The first-order valence-electron chi connectivity index (χ1n) is 13.0. The molecule has 0 N–H and O–H groups in total. The number of hydrogen-bond donors (Lipinski definition) is 0. The van der Waals surface area contributed by atoms with Gasteiger partial charge >= 0.3 is 5.97 Å². The molecule has 6 rings (SSSR count). The Balaban J connectivity index is 1.15. The summed E-state index contributed by atoms with van der Waals surface area (Å²) in [6.45, 7) is 8.47. The number of rotatable bonds is 6. The number of aromatic nitrogens is 3. The molecule has 4 heterocycles. The Hall–Kier alpha value is -3.98. The standard InChI is InChI=1S/C29H30FN5O3/c1-3-37-29(36)27-26-17-38-28-20(22(30)9-10-25(28)35(26)18-31-27)11-12-33-13-15-34(16-14-33)24-6-4-5-23-21(24)8-7-19(2)32-23/h4-10,18H,3,11-17H2,1-2H3. The van der Waals surface area contributed by atoms with Crippen LogP contribution in [-0.4, -0.2) is 64.7 Å². The Morgan fingerprint density at radius 1 is 1.08 bits per heavy atom. The van der Waals surface area contributed by atoms with E-state index < -0.39 is 5.97 Å². The number of anilines is 1. The molecule has 0 unspecified atom stereocenters. The summed E-state index contributed by atoms with van der Waals surface area (Å²) >= 11 is 0. The minimum atomic E-state index is -0.482. The highest BCUT2D eigenvalue weighted by molar-refractivity contribution is 5.92. The van der Waals surface area contributed by atoms with E-state index in [1.54, 1.807) is 23.9 Å². The molecule has 38 heavy (non-hydrogen) atoms. The molecular formula is C29H30FN5O3. The fourth-order valence-electron chi connectivity index (χ4n) is 5.40. The van der Waals surface area contributed by atoms with Gasteiger partial charge in [-0.1, -0.05) is 6.07 Å². The number of piperazine rings is 1. The number of aryl methyl sites for hydroxylation is 1. The Morgan fingerprint density at radius 3 is 2.74 bits per heavy atom. The van der Waals surface area contributed by atoms with Crippen molar-refractivity contribution in [2.75, 3.05) is 44.2 Å². The van der Waals surface area contributed by atoms with Crippen LogP contribution in [-0.2, 0) is 17.8 Å². The Kier molecular flexibility index (Phi) is 6.45. The molecule has 0 aliphatic carbocycles. The van der Waals surface area contributed by atoms with Crippen LogP contribution in [0.25, 0.3) is 16.6 Å². The van der Waals surface area contributed by atoms with Gasteiger partial charge in [0, 0.05) is 55.1 Å². The predicted octanol–water partition coefficient (Wildman–Crippen LogP) is 4.30. The molecule has 0 saturated carbocycles. The molecule has 8 nitrogen and oxygen atoms in total. The number of fused-ring (bicyclic) bond motifs is 4. The molecule has 0 amide bonds. The highest BCUT2D eigenvalue weighted by Gasteiger charge is 2.28. The van der Waals surface area contributed by atoms with Crippen LogP contribution in [0.5, 0.6) is 5.75 Å². The number of benzene rings is 2. The third-order valence-corrected chi connectivity index (χ3v) is 7.37. The number of imidazole rings is 1. The molecule has 1 fully saturated rings. The van der Waals surface area contributed by atoms with Gasteiger partial charge in [0.2, 0.25) is 0 Å². The quantitative estimate of drug-likeness (QED) is 0.355. The molecular weight excluding hydrogens is 485 g/mol. The highest BCUT2D eigenvalue weighted by Crippen LogP contribution is 2.36. The smallest absolute Gasteiger partial charge is 0.358 e. The van der Waals surface area contributed by atoms with Gasteiger partial charge in [-0.05, 0) is 56.7 Å². The molecule has 2 aromatic heterocycles. The average molecular weight is 516 g/mol. The summed E-state index contributed by atoms with van der Waals surface area (Å²) in [5.41, 5.74) is 5.34. The van der Waals surface area contributed by atoms with E-state index in [4.69, 9.17) is 9.47 Å². The maximum Gasteiger partial charge on any atom is 0.358 e. The predicted molar refractivity (Wildman–Crippen MR) is 143 cm³/mol. The van der Waals surface area contributed by atoms with E-state index in [1.807, 2.05) is 6.92 Å². The van der Waals surface area contributed by atoms with Gasteiger partial charge in [-0.15, -0.1) is 0 Å². The second kappa shape index (κ2) is 10.1. The molecule has 0 bridgehead atoms. The first-order valence-corrected chi connectivity index (χ1v) is 13.0. The molecule has 1 saturated heterocycles. The lowest BCUT2D eigenvalue weighted by atomic mass is 10.1. The number of nitrogens with zero attached hydrogens (tertiary/aromatic N) is 5. The van der Waals surface area contributed by atoms with E-state index in [1.165, 1.54) is 17.1 Å². The van der Waals surface area contributed by atoms with Crippen LogP contribution in [0.1, 0.15) is 34.4 Å². The van der Waals surface area contributed by atoms with Gasteiger partial charge in [0.25, 0.3) is 0 Å². The summed E-state index contributed by atoms with van der Waals surface area (Å²) in [5, 5.41) is 1.17. The Morgan fingerprint density at radius 2 is 1.92 bits per heavy atom. The largest absolute Gasteiger partial charge is 0.485 e. The molecule has 9 heteroatoms. The number of ether oxygens (including phenoxy) is 2. The van der Waals surface area contributed by atoms with Crippen LogP contribution >= 0.6 is 0 Å². The fourth-order valence-corrected chi connectivity index (χ4v) is 5.40. The van der Waals surface area contributed by atoms with Crippen molar-refractivity contribution >= 4 is 22.6 Å². The van der Waals surface area contributed by atoms with Crippen LogP contribution in [0.2, 0.25) is 0 Å². The number of esters is 1. The number of pyridine rings is 1. The molecule has 0 spiro atoms. The summed E-state index contributed by atoms with van der Waals surface area (Å²) in [6, 6.07) is 13.6. The Bertz CT molecular complexity index is 1510. The first-order chi connectivity index (χ1) is 18.5. The molecule has 0 atom stereocenters. The van der Waals surface area contributed by atoms with Gasteiger partial charge in [0.1, 0.15) is 24.5 Å². The van der Waals surface area contributed by atoms with E-state index in [9.17, 15) is 9.18 Å². The molecule has 196 valence electrons. The van der Waals surface area contributed by atoms with Gasteiger partial charge in [0.05, 0.1) is 23.5 Å². The summed E-state index contributed by atoms with van der Waals surface area (Å²) in [4.78, 5) is 25.9. The van der Waals surface area contributed by atoms with Crippen molar-refractivity contribution in [1.82, 2.24) is 19.4 Å². The number of halogens is 1. The Labute approximate surface area is 220 Å². The minimum Gasteiger partial charge on any atom is -0.485 e. The lowest BCUT2D eigenvalue weighted by molar-refractivity contribution is 0.0516. The van der Waals surface area contributed by atoms with Crippen LogP contribution in [0.15, 0.2) is 48.8 Å². The summed E-state index contributed by atoms with van der Waals surface area (Å²) < 4.78 is 27.9. The summed E-state index contributed by atoms with van der Waals surface area (Å²) in [5.74, 6) is -0.248. The van der Waals surface area contributed by atoms with Crippen LogP contribution in [0.3, 0.4) is 0 Å². The van der Waals surface area contributed by atoms with Crippen molar-refractivity contribution in [3.8, 4) is 11.4 Å². The van der Waals surface area contributed by atoms with Crippen LogP contribution < -0.4 is 9.64 Å². The molecule has 2 aromatic carbocycles. The lowest BCUT2D eigenvalue weighted by Crippen LogP contribution is -2.47. The van der Waals surface area contributed by atoms with Gasteiger partial charge in [-0.2, -0.15) is 0 Å². The topological polar surface area (TPSA) is 72.7 Å². The lowest BCUT2D eigenvalue weighted by Gasteiger charge is -2.36. The third-order valence-electron chi connectivity index (χ3n) is 7.37. The molecule has 2 aliphatic heterocycles. The van der Waals surface area contributed by atoms with E-state index in [0.29, 0.717) is 29.1 Å². The van der Waals surface area contributed by atoms with E-state index in [-0.39, 0.29) is 24.7 Å². The van der Waals surface area contributed by atoms with Gasteiger partial charge in [-0.25, -0.2) is 14.2 Å². The maximum atomic E-state index is 15.0. The van der Waals surface area contributed by atoms with Crippen molar-refractivity contribution in [3.63, 3.8) is 0 Å². The third kappa shape index (κ3) is 4.36. The van der Waals surface area contributed by atoms with Gasteiger partial charge < -0.3 is 14.4 Å². The molecule has 0 radical (unpaired) electrons. The molecule has 2 aliphatic rings. The van der Waals surface area contributed by atoms with Gasteiger partial charge in [0.15, 0.2) is 5.69 Å². The molecule has 4 aromatic rings. The number of carbonyl (C=O) groups excluding carboxylic acids is 1. The van der Waals surface area contributed by atoms with E-state index in [2.05, 4.69) is 50.1 Å². The number of carbonyl (C=O) groups is 1. The highest BCUT2D eigenvalue weighted by atomic mass is 19.1. The maximum absolute atomic E-state index is 15.0. The van der Waals surface area contributed by atoms with Crippen LogP contribution in [0.4, 0.5) is 10.1 Å². The SMILES string of the molecule is CCOC(=O)c1ncn2c1COc1c-2ccc(F)c1CCN1CCN(c2cccc3nc(C)ccc23)CC1. The average Bonchev–Trinajstić information content (AvgIpc) is 3.37. The zero-order valence-electron chi connectivity index (χ0n) is 21.6. The summed E-state index contributed by atoms with van der Waals surface area (Å²) in [6.07, 6.45) is 2.11. The monoisotopic (exact) mass is 515 g/mol. The zero-order chi connectivity index (χ0) is 26.2.